The fourth-order valence-corrected chi connectivity index (χ4v) is 3.15. The largest absolute Gasteiger partial charge is 0.377 e. The molecule has 1 atom stereocenters. The number of nitrogens with one attached hydrogen (secondary N) is 2. The van der Waals surface area contributed by atoms with Crippen LogP contribution in [0, 0.1) is 0 Å². The predicted molar refractivity (Wildman–Crippen MR) is 70.8 cm³/mol. The monoisotopic (exact) mass is 286 g/mol. The molecule has 1 aliphatic heterocycles. The third-order valence-electron chi connectivity index (χ3n) is 2.97. The Bertz CT molecular complexity index is 514. The van der Waals surface area contributed by atoms with E-state index in [0.29, 0.717) is 6.61 Å². The number of ether oxygens (including phenoxy) is 1. The van der Waals surface area contributed by atoms with Crippen molar-refractivity contribution in [2.45, 2.75) is 30.3 Å². The molecule has 1 aromatic heterocycles. The van der Waals surface area contributed by atoms with Gasteiger partial charge < -0.3 is 10.2 Å². The predicted octanol–water partition coefficient (Wildman–Crippen LogP) is 0.215. The first kappa shape index (κ1) is 14.2. The quantitative estimate of drug-likeness (QED) is 0.528. The molecule has 4 N–H and O–H groups in total. The minimum absolute atomic E-state index is 0.0355. The van der Waals surface area contributed by atoms with E-state index in [9.17, 15) is 8.42 Å². The Hall–Kier alpha value is -1.22. The number of aromatic nitrogens is 1. The highest BCUT2D eigenvalue weighted by molar-refractivity contribution is 7.89. The lowest BCUT2D eigenvalue weighted by atomic mass is 10.1. The lowest BCUT2D eigenvalue weighted by Gasteiger charge is -2.22. The van der Waals surface area contributed by atoms with Gasteiger partial charge in [0.25, 0.3) is 0 Å². The topological polar surface area (TPSA) is 106 Å². The van der Waals surface area contributed by atoms with Gasteiger partial charge in [-0.2, -0.15) is 0 Å². The SMILES string of the molecule is NNc1ncccc1S(=O)(=O)NCC1CCCCO1. The molecule has 1 fully saturated rings. The van der Waals surface area contributed by atoms with Crippen LogP contribution in [0.3, 0.4) is 0 Å². The van der Waals surface area contributed by atoms with E-state index in [-0.39, 0.29) is 23.4 Å². The number of rotatable bonds is 5. The molecule has 0 bridgehead atoms. The van der Waals surface area contributed by atoms with Crippen molar-refractivity contribution in [3.05, 3.63) is 18.3 Å². The molecule has 1 saturated heterocycles. The molecular weight excluding hydrogens is 268 g/mol. The molecule has 0 radical (unpaired) electrons. The zero-order valence-electron chi connectivity index (χ0n) is 10.5. The molecule has 7 nitrogen and oxygen atoms in total. The van der Waals surface area contributed by atoms with Gasteiger partial charge in [-0.05, 0) is 31.4 Å². The van der Waals surface area contributed by atoms with Crippen LogP contribution >= 0.6 is 0 Å². The van der Waals surface area contributed by atoms with Gasteiger partial charge in [-0.15, -0.1) is 0 Å². The van der Waals surface area contributed by atoms with Crippen molar-refractivity contribution in [1.82, 2.24) is 9.71 Å². The second-order valence-corrected chi connectivity index (χ2v) is 6.07. The Kier molecular flexibility index (Phi) is 4.70. The van der Waals surface area contributed by atoms with E-state index in [2.05, 4.69) is 15.1 Å². The number of pyridine rings is 1. The summed E-state index contributed by atoms with van der Waals surface area (Å²) < 4.78 is 32.3. The maximum Gasteiger partial charge on any atom is 0.244 e. The molecule has 2 heterocycles. The first-order chi connectivity index (χ1) is 9.13. The second-order valence-electron chi connectivity index (χ2n) is 4.33. The summed E-state index contributed by atoms with van der Waals surface area (Å²) >= 11 is 0. The van der Waals surface area contributed by atoms with E-state index >= 15 is 0 Å². The summed E-state index contributed by atoms with van der Waals surface area (Å²) in [6.07, 6.45) is 4.38. The lowest BCUT2D eigenvalue weighted by Crippen LogP contribution is -2.35. The Labute approximate surface area is 112 Å². The van der Waals surface area contributed by atoms with Gasteiger partial charge >= 0.3 is 0 Å². The molecule has 8 heteroatoms. The Morgan fingerprint density at radius 3 is 3.00 bits per heavy atom. The van der Waals surface area contributed by atoms with Crippen LogP contribution < -0.4 is 16.0 Å². The number of nitrogens with two attached hydrogens (primary N) is 1. The number of nitrogens with zero attached hydrogens (tertiary/aromatic N) is 1. The number of hydrogen-bond donors (Lipinski definition) is 3. The average molecular weight is 286 g/mol. The molecule has 0 amide bonds. The Morgan fingerprint density at radius 2 is 2.32 bits per heavy atom. The highest BCUT2D eigenvalue weighted by Gasteiger charge is 2.21. The standard InChI is InChI=1S/C11H18N4O3S/c12-15-11-10(5-3-6-13-11)19(16,17)14-8-9-4-1-2-7-18-9/h3,5-6,9,14H,1-2,4,7-8,12H2,(H,13,15). The van der Waals surface area contributed by atoms with Gasteiger partial charge in [-0.25, -0.2) is 24.0 Å². The zero-order valence-corrected chi connectivity index (χ0v) is 11.3. The van der Waals surface area contributed by atoms with Gasteiger partial charge in [0.05, 0.1) is 6.10 Å². The molecule has 1 aromatic rings. The molecular formula is C11H18N4O3S. The van der Waals surface area contributed by atoms with Crippen LogP contribution in [0.25, 0.3) is 0 Å². The van der Waals surface area contributed by atoms with Crippen molar-refractivity contribution in [3.63, 3.8) is 0 Å². The molecule has 0 aromatic carbocycles. The van der Waals surface area contributed by atoms with Crippen molar-refractivity contribution in [2.24, 2.45) is 5.84 Å². The van der Waals surface area contributed by atoms with Crippen LogP contribution in [0.4, 0.5) is 5.82 Å². The summed E-state index contributed by atoms with van der Waals surface area (Å²) in [6.45, 7) is 0.954. The maximum atomic E-state index is 12.2. The third kappa shape index (κ3) is 3.63. The average Bonchev–Trinajstić information content (AvgIpc) is 2.46. The summed E-state index contributed by atoms with van der Waals surface area (Å²) in [5, 5.41) is 0. The van der Waals surface area contributed by atoms with Gasteiger partial charge in [0, 0.05) is 19.3 Å². The van der Waals surface area contributed by atoms with E-state index in [0.717, 1.165) is 19.3 Å². The lowest BCUT2D eigenvalue weighted by molar-refractivity contribution is 0.0200. The van der Waals surface area contributed by atoms with Gasteiger partial charge in [0.2, 0.25) is 10.0 Å². The fraction of sp³-hybridized carbons (Fsp3) is 0.545. The van der Waals surface area contributed by atoms with Crippen LogP contribution in [-0.4, -0.2) is 32.7 Å². The summed E-state index contributed by atoms with van der Waals surface area (Å²) in [7, 11) is -3.64. The highest BCUT2D eigenvalue weighted by atomic mass is 32.2. The number of anilines is 1. The summed E-state index contributed by atoms with van der Waals surface area (Å²) in [4.78, 5) is 3.91. The zero-order chi connectivity index (χ0) is 13.7. The van der Waals surface area contributed by atoms with Crippen LogP contribution in [0.15, 0.2) is 23.2 Å². The summed E-state index contributed by atoms with van der Waals surface area (Å²) in [5.74, 6) is 5.38. The Morgan fingerprint density at radius 1 is 1.47 bits per heavy atom. The fourth-order valence-electron chi connectivity index (χ4n) is 1.96. The van der Waals surface area contributed by atoms with Crippen LogP contribution in [0.2, 0.25) is 0 Å². The molecule has 106 valence electrons. The van der Waals surface area contributed by atoms with E-state index in [4.69, 9.17) is 10.6 Å². The smallest absolute Gasteiger partial charge is 0.244 e. The maximum absolute atomic E-state index is 12.2. The van der Waals surface area contributed by atoms with E-state index in [1.54, 1.807) is 6.07 Å². The summed E-state index contributed by atoms with van der Waals surface area (Å²) in [5.41, 5.74) is 2.28. The minimum Gasteiger partial charge on any atom is -0.377 e. The van der Waals surface area contributed by atoms with Gasteiger partial charge in [0.15, 0.2) is 5.82 Å². The van der Waals surface area contributed by atoms with Gasteiger partial charge in [0.1, 0.15) is 4.90 Å². The number of nitrogen functional groups attached to an aromatic ring is 1. The van der Waals surface area contributed by atoms with E-state index < -0.39 is 10.0 Å². The van der Waals surface area contributed by atoms with Crippen LogP contribution in [0.5, 0.6) is 0 Å². The van der Waals surface area contributed by atoms with Gasteiger partial charge in [-0.1, -0.05) is 0 Å². The highest BCUT2D eigenvalue weighted by Crippen LogP contribution is 2.17. The molecule has 0 aliphatic carbocycles. The second kappa shape index (κ2) is 6.29. The summed E-state index contributed by atoms with van der Waals surface area (Å²) in [6, 6.07) is 3.00. The number of hydrazine groups is 1. The van der Waals surface area contributed by atoms with Crippen LogP contribution in [0.1, 0.15) is 19.3 Å². The van der Waals surface area contributed by atoms with Gasteiger partial charge in [-0.3, -0.25) is 0 Å². The number of hydrogen-bond acceptors (Lipinski definition) is 6. The molecule has 2 rings (SSSR count). The van der Waals surface area contributed by atoms with E-state index in [1.807, 2.05) is 0 Å². The van der Waals surface area contributed by atoms with Crippen molar-refractivity contribution < 1.29 is 13.2 Å². The Balaban J connectivity index is 2.05. The molecule has 19 heavy (non-hydrogen) atoms. The minimum atomic E-state index is -3.64. The van der Waals surface area contributed by atoms with Crippen molar-refractivity contribution >= 4 is 15.8 Å². The first-order valence-corrected chi connectivity index (χ1v) is 7.64. The number of sulfonamides is 1. The van der Waals surface area contributed by atoms with Crippen molar-refractivity contribution in [3.8, 4) is 0 Å². The normalized spacial score (nSPS) is 20.2. The molecule has 1 aliphatic rings. The first-order valence-electron chi connectivity index (χ1n) is 6.16. The third-order valence-corrected chi connectivity index (χ3v) is 4.43. The molecule has 0 spiro atoms. The molecule has 0 saturated carbocycles. The van der Waals surface area contributed by atoms with Crippen molar-refractivity contribution in [2.75, 3.05) is 18.6 Å². The molecule has 1 unspecified atom stereocenters. The van der Waals surface area contributed by atoms with E-state index in [1.165, 1.54) is 12.3 Å². The van der Waals surface area contributed by atoms with Crippen molar-refractivity contribution in [1.29, 1.82) is 0 Å². The van der Waals surface area contributed by atoms with Crippen LogP contribution in [-0.2, 0) is 14.8 Å².